The minimum atomic E-state index is -1.10. The predicted molar refractivity (Wildman–Crippen MR) is 80.9 cm³/mol. The summed E-state index contributed by atoms with van der Waals surface area (Å²) in [6, 6.07) is 9.25. The number of carbonyl (C=O) groups excluding carboxylic acids is 2. The SMILES string of the molecule is NC(=O)c1cc([N+](=O)[O-])cn(CC(=O)Nc2ccccc2)c1=O. The van der Waals surface area contributed by atoms with Gasteiger partial charge in [0.15, 0.2) is 0 Å². The van der Waals surface area contributed by atoms with Crippen molar-refractivity contribution >= 4 is 23.2 Å². The number of nitro groups is 1. The molecule has 0 fully saturated rings. The smallest absolute Gasteiger partial charge is 0.286 e. The Labute approximate surface area is 129 Å². The summed E-state index contributed by atoms with van der Waals surface area (Å²) in [5, 5.41) is 13.4. The predicted octanol–water partition coefficient (Wildman–Crippen LogP) is 0.494. The summed E-state index contributed by atoms with van der Waals surface area (Å²) < 4.78 is 0.774. The van der Waals surface area contributed by atoms with E-state index in [1.165, 1.54) is 0 Å². The Morgan fingerprint density at radius 1 is 1.26 bits per heavy atom. The lowest BCUT2D eigenvalue weighted by Crippen LogP contribution is -2.33. The van der Waals surface area contributed by atoms with E-state index in [4.69, 9.17) is 5.73 Å². The number of rotatable bonds is 5. The monoisotopic (exact) mass is 316 g/mol. The van der Waals surface area contributed by atoms with Gasteiger partial charge in [0.1, 0.15) is 12.1 Å². The number of amides is 2. The number of primary amides is 1. The Morgan fingerprint density at radius 2 is 1.91 bits per heavy atom. The number of hydrogen-bond acceptors (Lipinski definition) is 5. The second-order valence-corrected chi connectivity index (χ2v) is 4.58. The molecular formula is C14H12N4O5. The molecule has 1 aromatic carbocycles. The fourth-order valence-electron chi connectivity index (χ4n) is 1.89. The van der Waals surface area contributed by atoms with Crippen molar-refractivity contribution in [3.05, 3.63) is 68.6 Å². The number of para-hydroxylation sites is 1. The molecule has 3 N–H and O–H groups in total. The largest absolute Gasteiger partial charge is 0.365 e. The summed E-state index contributed by atoms with van der Waals surface area (Å²) in [7, 11) is 0. The van der Waals surface area contributed by atoms with Crippen molar-refractivity contribution < 1.29 is 14.5 Å². The molecule has 0 aliphatic heterocycles. The highest BCUT2D eigenvalue weighted by Crippen LogP contribution is 2.10. The first kappa shape index (κ1) is 15.9. The van der Waals surface area contributed by atoms with Crippen LogP contribution in [0, 0.1) is 10.1 Å². The van der Waals surface area contributed by atoms with Gasteiger partial charge in [0.25, 0.3) is 17.2 Å². The fraction of sp³-hybridized carbons (Fsp3) is 0.0714. The molecule has 0 unspecified atom stereocenters. The summed E-state index contributed by atoms with van der Waals surface area (Å²) in [4.78, 5) is 45.3. The Balaban J connectivity index is 2.31. The van der Waals surface area contributed by atoms with Gasteiger partial charge in [0, 0.05) is 11.8 Å². The normalized spacial score (nSPS) is 10.1. The van der Waals surface area contributed by atoms with E-state index in [9.17, 15) is 24.5 Å². The summed E-state index contributed by atoms with van der Waals surface area (Å²) in [5.41, 5.74) is 3.61. The topological polar surface area (TPSA) is 137 Å². The third-order valence-corrected chi connectivity index (χ3v) is 2.92. The van der Waals surface area contributed by atoms with Crippen LogP contribution in [0.1, 0.15) is 10.4 Å². The zero-order chi connectivity index (χ0) is 17.0. The molecule has 2 aromatic rings. The molecule has 9 heteroatoms. The molecule has 2 rings (SSSR count). The molecule has 0 saturated heterocycles. The Bertz CT molecular complexity index is 829. The van der Waals surface area contributed by atoms with Gasteiger partial charge in [-0.1, -0.05) is 18.2 Å². The highest BCUT2D eigenvalue weighted by atomic mass is 16.6. The molecular weight excluding hydrogens is 304 g/mol. The van der Waals surface area contributed by atoms with E-state index >= 15 is 0 Å². The van der Waals surface area contributed by atoms with E-state index in [1.54, 1.807) is 30.3 Å². The molecule has 1 aromatic heterocycles. The highest BCUT2D eigenvalue weighted by molar-refractivity contribution is 5.93. The van der Waals surface area contributed by atoms with Gasteiger partial charge >= 0.3 is 0 Å². The maximum absolute atomic E-state index is 12.0. The van der Waals surface area contributed by atoms with E-state index in [-0.39, 0.29) is 0 Å². The molecule has 9 nitrogen and oxygen atoms in total. The molecule has 23 heavy (non-hydrogen) atoms. The first-order chi connectivity index (χ1) is 10.9. The number of carbonyl (C=O) groups is 2. The zero-order valence-electron chi connectivity index (χ0n) is 11.8. The lowest BCUT2D eigenvalue weighted by molar-refractivity contribution is -0.385. The highest BCUT2D eigenvalue weighted by Gasteiger charge is 2.18. The van der Waals surface area contributed by atoms with E-state index in [2.05, 4.69) is 5.32 Å². The van der Waals surface area contributed by atoms with Gasteiger partial charge in [-0.25, -0.2) is 0 Å². The quantitative estimate of drug-likeness (QED) is 0.611. The van der Waals surface area contributed by atoms with Crippen LogP contribution in [-0.4, -0.2) is 21.3 Å². The summed E-state index contributed by atoms with van der Waals surface area (Å²) in [5.74, 6) is -1.68. The van der Waals surface area contributed by atoms with E-state index in [1.807, 2.05) is 0 Å². The molecule has 0 aliphatic rings. The summed E-state index contributed by atoms with van der Waals surface area (Å²) >= 11 is 0. The minimum Gasteiger partial charge on any atom is -0.365 e. The first-order valence-electron chi connectivity index (χ1n) is 6.42. The van der Waals surface area contributed by atoms with Crippen molar-refractivity contribution in [2.75, 3.05) is 5.32 Å². The van der Waals surface area contributed by atoms with Crippen LogP contribution in [0.25, 0.3) is 0 Å². The average molecular weight is 316 g/mol. The van der Waals surface area contributed by atoms with Crippen molar-refractivity contribution in [1.29, 1.82) is 0 Å². The Kier molecular flexibility index (Phi) is 4.50. The van der Waals surface area contributed by atoms with Crippen LogP contribution in [0.4, 0.5) is 11.4 Å². The molecule has 0 radical (unpaired) electrons. The van der Waals surface area contributed by atoms with Crippen molar-refractivity contribution in [3.8, 4) is 0 Å². The van der Waals surface area contributed by atoms with Crippen LogP contribution >= 0.6 is 0 Å². The Morgan fingerprint density at radius 3 is 2.48 bits per heavy atom. The molecule has 0 spiro atoms. The zero-order valence-corrected chi connectivity index (χ0v) is 11.8. The van der Waals surface area contributed by atoms with Gasteiger partial charge in [-0.05, 0) is 12.1 Å². The summed E-state index contributed by atoms with van der Waals surface area (Å²) in [6.45, 7) is -0.490. The third kappa shape index (κ3) is 3.79. The van der Waals surface area contributed by atoms with Gasteiger partial charge in [-0.2, -0.15) is 0 Å². The molecule has 0 aliphatic carbocycles. The van der Waals surface area contributed by atoms with Crippen molar-refractivity contribution in [1.82, 2.24) is 4.57 Å². The van der Waals surface area contributed by atoms with E-state index in [0.717, 1.165) is 16.8 Å². The number of nitrogens with zero attached hydrogens (tertiary/aromatic N) is 2. The van der Waals surface area contributed by atoms with Crippen LogP contribution in [0.5, 0.6) is 0 Å². The molecule has 0 bridgehead atoms. The van der Waals surface area contributed by atoms with Crippen molar-refractivity contribution in [2.24, 2.45) is 5.73 Å². The lowest BCUT2D eigenvalue weighted by atomic mass is 10.2. The standard InChI is InChI=1S/C14H12N4O5/c15-13(20)11-6-10(18(22)23)7-17(14(11)21)8-12(19)16-9-4-2-1-3-5-9/h1-7H,8H2,(H2,15,20)(H,16,19). The number of nitrogens with one attached hydrogen (secondary N) is 1. The van der Waals surface area contributed by atoms with E-state index < -0.39 is 40.1 Å². The van der Waals surface area contributed by atoms with Gasteiger partial charge in [-0.3, -0.25) is 29.1 Å². The van der Waals surface area contributed by atoms with Crippen LogP contribution in [0.2, 0.25) is 0 Å². The van der Waals surface area contributed by atoms with Crippen molar-refractivity contribution in [2.45, 2.75) is 6.54 Å². The number of anilines is 1. The second-order valence-electron chi connectivity index (χ2n) is 4.58. The van der Waals surface area contributed by atoms with Crippen molar-refractivity contribution in [3.63, 3.8) is 0 Å². The van der Waals surface area contributed by atoms with Crippen LogP contribution in [0.3, 0.4) is 0 Å². The lowest BCUT2D eigenvalue weighted by Gasteiger charge is -2.08. The number of nitrogens with two attached hydrogens (primary N) is 1. The third-order valence-electron chi connectivity index (χ3n) is 2.92. The summed E-state index contributed by atoms with van der Waals surface area (Å²) in [6.07, 6.45) is 0.888. The maximum Gasteiger partial charge on any atom is 0.286 e. The fourth-order valence-corrected chi connectivity index (χ4v) is 1.89. The molecule has 2 amide bonds. The average Bonchev–Trinajstić information content (AvgIpc) is 2.49. The maximum atomic E-state index is 12.0. The molecule has 1 heterocycles. The van der Waals surface area contributed by atoms with Gasteiger partial charge in [0.05, 0.1) is 11.1 Å². The minimum absolute atomic E-state index is 0.490. The number of pyridine rings is 1. The van der Waals surface area contributed by atoms with Gasteiger partial charge in [0.2, 0.25) is 5.91 Å². The number of aromatic nitrogens is 1. The van der Waals surface area contributed by atoms with Crippen LogP contribution in [-0.2, 0) is 11.3 Å². The molecule has 118 valence electrons. The van der Waals surface area contributed by atoms with Crippen LogP contribution < -0.4 is 16.6 Å². The van der Waals surface area contributed by atoms with Gasteiger partial charge < -0.3 is 11.1 Å². The number of benzene rings is 1. The molecule has 0 saturated carbocycles. The first-order valence-corrected chi connectivity index (χ1v) is 6.42. The molecule has 0 atom stereocenters. The van der Waals surface area contributed by atoms with Gasteiger partial charge in [-0.15, -0.1) is 0 Å². The Hall–Kier alpha value is -3.49. The number of hydrogen-bond donors (Lipinski definition) is 2. The van der Waals surface area contributed by atoms with E-state index in [0.29, 0.717) is 5.69 Å². The second kappa shape index (κ2) is 6.52. The van der Waals surface area contributed by atoms with Crippen LogP contribution in [0.15, 0.2) is 47.4 Å².